The minimum absolute atomic E-state index is 0.00553. The molecule has 0 spiro atoms. The maximum Gasteiger partial charge on any atom is 0.323 e. The number of carbonyl (C=O) groups excluding carboxylic acids is 3. The summed E-state index contributed by atoms with van der Waals surface area (Å²) < 4.78 is 11.1. The molecule has 39 heavy (non-hydrogen) atoms. The van der Waals surface area contributed by atoms with E-state index in [-0.39, 0.29) is 26.3 Å². The summed E-state index contributed by atoms with van der Waals surface area (Å²) in [6.45, 7) is 3.83. The molecule has 10 heteroatoms. The Morgan fingerprint density at radius 2 is 1.31 bits per heavy atom. The van der Waals surface area contributed by atoms with Gasteiger partial charge >= 0.3 is 11.9 Å². The number of carbonyl (C=O) groups is 3. The van der Waals surface area contributed by atoms with Crippen LogP contribution in [0.15, 0.2) is 73.2 Å². The summed E-state index contributed by atoms with van der Waals surface area (Å²) in [4.78, 5) is 58.3. The molecule has 10 nitrogen and oxygen atoms in total. The molecule has 1 N–H and O–H groups in total. The summed E-state index contributed by atoms with van der Waals surface area (Å²) in [7, 11) is 0. The number of ketones is 1. The second kappa shape index (κ2) is 11.0. The van der Waals surface area contributed by atoms with E-state index in [1.165, 1.54) is 0 Å². The lowest BCUT2D eigenvalue weighted by Crippen LogP contribution is -2.75. The van der Waals surface area contributed by atoms with Crippen molar-refractivity contribution in [1.82, 2.24) is 25.2 Å². The molecule has 2 bridgehead atoms. The van der Waals surface area contributed by atoms with Crippen LogP contribution < -0.4 is 5.32 Å². The number of nitrogens with zero attached hydrogens (tertiary/aromatic N) is 4. The zero-order valence-corrected chi connectivity index (χ0v) is 21.9. The predicted octanol–water partition coefficient (Wildman–Crippen LogP) is 2.44. The third-order valence-electron chi connectivity index (χ3n) is 7.43. The third kappa shape index (κ3) is 4.49. The minimum atomic E-state index is -1.78. The Bertz CT molecular complexity index is 1250. The molecule has 2 aliphatic heterocycles. The standard InChI is InChI=1S/C29H31N5O5/c1-3-38-26(36)28-18-34(17-20-11-5-8-14-30-20)19-29(25(28)35,27(37)39-4-2)24(22-13-7-10-16-32-22)33-23(28)21-12-6-9-15-31-21/h5-16,23-24,33H,3-4,17-19H2,1-2H3. The first-order chi connectivity index (χ1) is 19.0. The summed E-state index contributed by atoms with van der Waals surface area (Å²) in [6.07, 6.45) is 4.90. The van der Waals surface area contributed by atoms with Crippen molar-refractivity contribution in [2.45, 2.75) is 32.5 Å². The smallest absolute Gasteiger partial charge is 0.323 e. The van der Waals surface area contributed by atoms with Gasteiger partial charge in [-0.1, -0.05) is 18.2 Å². The fraction of sp³-hybridized carbons (Fsp3) is 0.379. The van der Waals surface area contributed by atoms with Crippen molar-refractivity contribution in [3.63, 3.8) is 0 Å². The predicted molar refractivity (Wildman–Crippen MR) is 140 cm³/mol. The zero-order chi connectivity index (χ0) is 27.5. The van der Waals surface area contributed by atoms with Crippen LogP contribution in [-0.2, 0) is 30.4 Å². The van der Waals surface area contributed by atoms with E-state index in [0.717, 1.165) is 5.69 Å². The lowest BCUT2D eigenvalue weighted by Gasteiger charge is -2.57. The van der Waals surface area contributed by atoms with Crippen molar-refractivity contribution < 1.29 is 23.9 Å². The fourth-order valence-corrected chi connectivity index (χ4v) is 5.87. The molecule has 4 atom stereocenters. The van der Waals surface area contributed by atoms with Gasteiger partial charge in [0.1, 0.15) is 0 Å². The van der Waals surface area contributed by atoms with Crippen molar-refractivity contribution in [3.8, 4) is 0 Å². The molecule has 0 aliphatic carbocycles. The van der Waals surface area contributed by atoms with Gasteiger partial charge in [0.15, 0.2) is 16.6 Å². The normalized spacial score (nSPS) is 26.6. The first-order valence-corrected chi connectivity index (χ1v) is 13.1. The van der Waals surface area contributed by atoms with Gasteiger partial charge in [-0.15, -0.1) is 0 Å². The van der Waals surface area contributed by atoms with Gasteiger partial charge in [-0.3, -0.25) is 39.6 Å². The van der Waals surface area contributed by atoms with E-state index in [1.807, 2.05) is 23.1 Å². The van der Waals surface area contributed by atoms with Crippen LogP contribution >= 0.6 is 0 Å². The Labute approximate surface area is 226 Å². The number of rotatable bonds is 8. The number of Topliss-reactive ketones (excluding diaryl/α,β-unsaturated/α-hetero) is 1. The lowest BCUT2D eigenvalue weighted by molar-refractivity contribution is -0.192. The van der Waals surface area contributed by atoms with E-state index < -0.39 is 40.6 Å². The number of ether oxygens (including phenoxy) is 2. The fourth-order valence-electron chi connectivity index (χ4n) is 5.87. The molecule has 5 rings (SSSR count). The quantitative estimate of drug-likeness (QED) is 0.344. The first kappa shape index (κ1) is 26.6. The Kier molecular flexibility index (Phi) is 7.49. The summed E-state index contributed by atoms with van der Waals surface area (Å²) >= 11 is 0. The Balaban J connectivity index is 1.76. The van der Waals surface area contributed by atoms with Crippen LogP contribution in [0.25, 0.3) is 0 Å². The van der Waals surface area contributed by atoms with Crippen molar-refractivity contribution >= 4 is 17.7 Å². The molecule has 0 amide bonds. The number of pyridine rings is 3. The molecule has 2 fully saturated rings. The van der Waals surface area contributed by atoms with Gasteiger partial charge in [0.25, 0.3) is 0 Å². The Morgan fingerprint density at radius 3 is 1.72 bits per heavy atom. The molecular formula is C29H31N5O5. The molecule has 2 saturated heterocycles. The van der Waals surface area contributed by atoms with E-state index in [1.54, 1.807) is 68.8 Å². The molecule has 5 heterocycles. The largest absolute Gasteiger partial charge is 0.465 e. The molecule has 0 aromatic carbocycles. The van der Waals surface area contributed by atoms with Crippen molar-refractivity contribution in [3.05, 3.63) is 90.3 Å². The topological polar surface area (TPSA) is 124 Å². The second-order valence-electron chi connectivity index (χ2n) is 9.72. The van der Waals surface area contributed by atoms with Gasteiger partial charge in [0.05, 0.1) is 42.4 Å². The van der Waals surface area contributed by atoms with Gasteiger partial charge in [0, 0.05) is 38.2 Å². The summed E-state index contributed by atoms with van der Waals surface area (Å²) in [6, 6.07) is 14.4. The van der Waals surface area contributed by atoms with Crippen LogP contribution in [0.1, 0.15) is 43.0 Å². The van der Waals surface area contributed by atoms with Crippen molar-refractivity contribution in [2.75, 3.05) is 26.3 Å². The average Bonchev–Trinajstić information content (AvgIpc) is 2.96. The van der Waals surface area contributed by atoms with Crippen molar-refractivity contribution in [2.24, 2.45) is 10.8 Å². The number of hydrogen-bond acceptors (Lipinski definition) is 10. The highest BCUT2D eigenvalue weighted by atomic mass is 16.5. The van der Waals surface area contributed by atoms with E-state index >= 15 is 0 Å². The second-order valence-corrected chi connectivity index (χ2v) is 9.72. The number of esters is 2. The van der Waals surface area contributed by atoms with Gasteiger partial charge in [-0.2, -0.15) is 0 Å². The highest BCUT2D eigenvalue weighted by Gasteiger charge is 2.73. The van der Waals surface area contributed by atoms with Crippen LogP contribution in [0.4, 0.5) is 0 Å². The van der Waals surface area contributed by atoms with Crippen LogP contribution in [0.2, 0.25) is 0 Å². The molecule has 3 aromatic heterocycles. The molecule has 2 aliphatic rings. The molecule has 0 saturated carbocycles. The van der Waals surface area contributed by atoms with Gasteiger partial charge in [-0.05, 0) is 50.2 Å². The zero-order valence-electron chi connectivity index (χ0n) is 21.9. The molecule has 0 radical (unpaired) electrons. The highest BCUT2D eigenvalue weighted by molar-refractivity contribution is 6.17. The molecule has 4 unspecified atom stereocenters. The maximum atomic E-state index is 14.9. The van der Waals surface area contributed by atoms with Crippen molar-refractivity contribution in [1.29, 1.82) is 0 Å². The Morgan fingerprint density at radius 1 is 0.821 bits per heavy atom. The molecule has 3 aromatic rings. The van der Waals surface area contributed by atoms with Gasteiger partial charge < -0.3 is 9.47 Å². The number of hydrogen-bond donors (Lipinski definition) is 1. The van der Waals surface area contributed by atoms with E-state index in [2.05, 4.69) is 20.3 Å². The summed E-state index contributed by atoms with van der Waals surface area (Å²) in [5.74, 6) is -1.97. The maximum absolute atomic E-state index is 14.9. The Hall–Kier alpha value is -4.02. The average molecular weight is 530 g/mol. The lowest BCUT2D eigenvalue weighted by atomic mass is 9.55. The SMILES string of the molecule is CCOC(=O)C12CN(Cc3ccccn3)CC(C(=O)OCC)(C1=O)C(c1ccccn1)NC2c1ccccn1. The number of likely N-dealkylation sites (tertiary alicyclic amines) is 1. The van der Waals surface area contributed by atoms with Gasteiger partial charge in [-0.25, -0.2) is 0 Å². The number of nitrogens with one attached hydrogen (secondary N) is 1. The minimum Gasteiger partial charge on any atom is -0.465 e. The van der Waals surface area contributed by atoms with Gasteiger partial charge in [0.2, 0.25) is 0 Å². The van der Waals surface area contributed by atoms with Crippen LogP contribution in [0.3, 0.4) is 0 Å². The number of fused-ring (bicyclic) bond motifs is 2. The number of aromatic nitrogens is 3. The van der Waals surface area contributed by atoms with E-state index in [4.69, 9.17) is 9.47 Å². The summed E-state index contributed by atoms with van der Waals surface area (Å²) in [5, 5.41) is 3.47. The summed E-state index contributed by atoms with van der Waals surface area (Å²) in [5.41, 5.74) is -1.86. The van der Waals surface area contributed by atoms with E-state index in [0.29, 0.717) is 17.9 Å². The molecule has 202 valence electrons. The van der Waals surface area contributed by atoms with Crippen LogP contribution in [-0.4, -0.2) is 63.9 Å². The third-order valence-corrected chi connectivity index (χ3v) is 7.43. The number of piperidine rings is 2. The van der Waals surface area contributed by atoms with E-state index in [9.17, 15) is 14.4 Å². The van der Waals surface area contributed by atoms with Crippen LogP contribution in [0, 0.1) is 10.8 Å². The first-order valence-electron chi connectivity index (χ1n) is 13.1. The van der Waals surface area contributed by atoms with Crippen LogP contribution in [0.5, 0.6) is 0 Å². The molecular weight excluding hydrogens is 498 g/mol. The monoisotopic (exact) mass is 529 g/mol. The highest BCUT2D eigenvalue weighted by Crippen LogP contribution is 2.56.